The van der Waals surface area contributed by atoms with E-state index in [1.165, 1.54) is 0 Å². The monoisotopic (exact) mass is 518 g/mol. The molecule has 8 atom stereocenters. The van der Waals surface area contributed by atoms with E-state index < -0.39 is 43.2 Å². The first kappa shape index (κ1) is 31.2. The summed E-state index contributed by atoms with van der Waals surface area (Å²) in [4.78, 5) is 13.5. The van der Waals surface area contributed by atoms with Gasteiger partial charge in [-0.2, -0.15) is 0 Å². The summed E-state index contributed by atoms with van der Waals surface area (Å²) in [6.45, 7) is 11.1. The Morgan fingerprint density at radius 3 is 1.42 bits per heavy atom. The lowest BCUT2D eigenvalue weighted by atomic mass is 9.72. The van der Waals surface area contributed by atoms with Crippen LogP contribution < -0.4 is 0 Å². The third-order valence-corrected chi connectivity index (χ3v) is 7.92. The second-order valence-electron chi connectivity index (χ2n) is 11.8. The van der Waals surface area contributed by atoms with E-state index in [0.29, 0.717) is 12.8 Å². The van der Waals surface area contributed by atoms with Crippen LogP contribution in [-0.2, 0) is 18.9 Å². The van der Waals surface area contributed by atoms with Crippen LogP contribution in [0.3, 0.4) is 0 Å². The van der Waals surface area contributed by atoms with E-state index in [1.807, 2.05) is 0 Å². The van der Waals surface area contributed by atoms with Crippen LogP contribution in [0.25, 0.3) is 0 Å². The van der Waals surface area contributed by atoms with Gasteiger partial charge in [-0.1, -0.05) is 41.5 Å². The van der Waals surface area contributed by atoms with Gasteiger partial charge in [-0.3, -0.25) is 0 Å². The maximum absolute atomic E-state index is 13.5. The largest absolute Gasteiger partial charge is 0.513 e. The Morgan fingerprint density at radius 1 is 0.750 bits per heavy atom. The number of carbonyl (C=O) groups excluding carboxylic acids is 1. The zero-order valence-corrected chi connectivity index (χ0v) is 23.0. The molecule has 4 N–H and O–H groups in total. The molecule has 9 nitrogen and oxygen atoms in total. The van der Waals surface area contributed by atoms with Gasteiger partial charge in [0.1, 0.15) is 12.2 Å². The van der Waals surface area contributed by atoms with E-state index in [4.69, 9.17) is 18.9 Å². The first-order valence-corrected chi connectivity index (χ1v) is 13.7. The van der Waals surface area contributed by atoms with Crippen molar-refractivity contribution in [2.45, 2.75) is 104 Å². The fraction of sp³-hybridized carbons (Fsp3) is 0.963. The van der Waals surface area contributed by atoms with Crippen LogP contribution in [0, 0.1) is 35.5 Å². The molecular formula is C27H50O9. The quantitative estimate of drug-likeness (QED) is 0.226. The summed E-state index contributed by atoms with van der Waals surface area (Å²) in [5, 5.41) is 38.6. The second kappa shape index (κ2) is 13.7. The molecule has 0 aromatic carbocycles. The van der Waals surface area contributed by atoms with Gasteiger partial charge in [-0.15, -0.1) is 0 Å². The molecule has 0 radical (unpaired) electrons. The summed E-state index contributed by atoms with van der Waals surface area (Å²) in [6, 6.07) is 0. The fourth-order valence-corrected chi connectivity index (χ4v) is 6.04. The van der Waals surface area contributed by atoms with Gasteiger partial charge >= 0.3 is 6.16 Å². The van der Waals surface area contributed by atoms with Crippen molar-refractivity contribution < 1.29 is 44.2 Å². The average molecular weight is 519 g/mol. The van der Waals surface area contributed by atoms with Gasteiger partial charge in [0.25, 0.3) is 0 Å². The maximum atomic E-state index is 13.5. The highest BCUT2D eigenvalue weighted by molar-refractivity contribution is 5.61. The Hall–Kier alpha value is -0.970. The molecule has 9 heteroatoms. The molecule has 0 bridgehead atoms. The first-order valence-electron chi connectivity index (χ1n) is 13.7. The molecule has 0 aliphatic heterocycles. The molecule has 2 saturated carbocycles. The number of carbonyl (C=O) groups is 1. The van der Waals surface area contributed by atoms with Gasteiger partial charge in [-0.05, 0) is 49.4 Å². The van der Waals surface area contributed by atoms with E-state index in [2.05, 4.69) is 41.5 Å². The minimum Gasteiger partial charge on any atom is -0.401 e. The minimum absolute atomic E-state index is 0.119. The van der Waals surface area contributed by atoms with Gasteiger partial charge in [0.2, 0.25) is 11.6 Å². The topological polar surface area (TPSA) is 135 Å². The summed E-state index contributed by atoms with van der Waals surface area (Å²) in [5.74, 6) is -2.13. The molecule has 0 aromatic rings. The molecule has 0 spiro atoms. The van der Waals surface area contributed by atoms with Crippen molar-refractivity contribution in [3.05, 3.63) is 0 Å². The highest BCUT2D eigenvalue weighted by Crippen LogP contribution is 2.47. The summed E-state index contributed by atoms with van der Waals surface area (Å²) in [5.41, 5.74) is 0. The second-order valence-corrected chi connectivity index (χ2v) is 11.8. The molecule has 0 aromatic heterocycles. The predicted molar refractivity (Wildman–Crippen MR) is 134 cm³/mol. The number of hydrogen-bond donors (Lipinski definition) is 4. The van der Waals surface area contributed by atoms with E-state index in [-0.39, 0.29) is 48.7 Å². The smallest absolute Gasteiger partial charge is 0.401 e. The first-order chi connectivity index (χ1) is 16.9. The van der Waals surface area contributed by atoms with Gasteiger partial charge in [-0.25, -0.2) is 4.79 Å². The summed E-state index contributed by atoms with van der Waals surface area (Å²) < 4.78 is 24.4. The number of hydrogen-bond acceptors (Lipinski definition) is 9. The SMILES string of the molecule is CC1CCC(C(C)C)C(OCC(O)CO)(OC(=O)OC2(OCC(O)CO)CC(C)CCC2C(C)C)C1. The third kappa shape index (κ3) is 8.01. The Morgan fingerprint density at radius 2 is 1.11 bits per heavy atom. The Labute approximate surface area is 216 Å². The van der Waals surface area contributed by atoms with Crippen LogP contribution >= 0.6 is 0 Å². The van der Waals surface area contributed by atoms with Crippen molar-refractivity contribution in [1.82, 2.24) is 0 Å². The van der Waals surface area contributed by atoms with Crippen molar-refractivity contribution in [1.29, 1.82) is 0 Å². The number of aliphatic hydroxyl groups is 4. The fourth-order valence-electron chi connectivity index (χ4n) is 6.04. The van der Waals surface area contributed by atoms with Crippen molar-refractivity contribution in [3.8, 4) is 0 Å². The minimum atomic E-state index is -1.31. The van der Waals surface area contributed by atoms with Crippen LogP contribution in [0.1, 0.15) is 80.1 Å². The van der Waals surface area contributed by atoms with Crippen LogP contribution in [0.4, 0.5) is 4.79 Å². The van der Waals surface area contributed by atoms with Crippen molar-refractivity contribution in [2.75, 3.05) is 26.4 Å². The lowest BCUT2D eigenvalue weighted by molar-refractivity contribution is -0.313. The van der Waals surface area contributed by atoms with E-state index >= 15 is 0 Å². The molecule has 8 unspecified atom stereocenters. The summed E-state index contributed by atoms with van der Waals surface area (Å²) >= 11 is 0. The molecule has 0 heterocycles. The molecule has 0 amide bonds. The average Bonchev–Trinajstić information content (AvgIpc) is 2.80. The zero-order valence-electron chi connectivity index (χ0n) is 23.0. The third-order valence-electron chi connectivity index (χ3n) is 7.92. The zero-order chi connectivity index (χ0) is 27.1. The molecule has 0 saturated heterocycles. The maximum Gasteiger partial charge on any atom is 0.513 e. The van der Waals surface area contributed by atoms with Crippen LogP contribution in [-0.4, -0.2) is 76.8 Å². The molecule has 2 fully saturated rings. The lowest BCUT2D eigenvalue weighted by Gasteiger charge is -2.49. The number of rotatable bonds is 12. The molecule has 2 aliphatic carbocycles. The number of ether oxygens (including phenoxy) is 4. The van der Waals surface area contributed by atoms with Crippen molar-refractivity contribution in [2.24, 2.45) is 35.5 Å². The highest BCUT2D eigenvalue weighted by atomic mass is 16.8. The van der Waals surface area contributed by atoms with E-state index in [9.17, 15) is 25.2 Å². The van der Waals surface area contributed by atoms with Crippen LogP contribution in [0.15, 0.2) is 0 Å². The van der Waals surface area contributed by atoms with Gasteiger partial charge in [0.05, 0.1) is 26.4 Å². The Kier molecular flexibility index (Phi) is 11.9. The van der Waals surface area contributed by atoms with Gasteiger partial charge < -0.3 is 39.4 Å². The summed E-state index contributed by atoms with van der Waals surface area (Å²) in [6.07, 6.45) is 1.31. The predicted octanol–water partition coefficient (Wildman–Crippen LogP) is 3.46. The molecule has 36 heavy (non-hydrogen) atoms. The number of aliphatic hydroxyl groups excluding tert-OH is 4. The molecule has 212 valence electrons. The summed E-state index contributed by atoms with van der Waals surface area (Å²) in [7, 11) is 0. The van der Waals surface area contributed by atoms with Gasteiger partial charge in [0.15, 0.2) is 0 Å². The standard InChI is InChI=1S/C27H50O9/c1-17(2)23-9-7-19(5)11-26(23,33-15-21(30)13-28)35-25(32)36-27(34-16-22(31)14-29)12-20(6)8-10-24(27)18(3)4/h17-24,28-31H,7-16H2,1-6H3. The molecule has 2 rings (SSSR count). The molecular weight excluding hydrogens is 468 g/mol. The van der Waals surface area contributed by atoms with Crippen molar-refractivity contribution in [3.63, 3.8) is 0 Å². The highest BCUT2D eigenvalue weighted by Gasteiger charge is 2.53. The normalized spacial score (nSPS) is 35.0. The Balaban J connectivity index is 2.36. The molecule has 2 aliphatic rings. The van der Waals surface area contributed by atoms with Crippen LogP contribution in [0.2, 0.25) is 0 Å². The van der Waals surface area contributed by atoms with Crippen molar-refractivity contribution >= 4 is 6.16 Å². The lowest BCUT2D eigenvalue weighted by Crippen LogP contribution is -2.55. The van der Waals surface area contributed by atoms with Crippen LogP contribution in [0.5, 0.6) is 0 Å². The van der Waals surface area contributed by atoms with E-state index in [0.717, 1.165) is 25.7 Å². The van der Waals surface area contributed by atoms with E-state index in [1.54, 1.807) is 0 Å². The van der Waals surface area contributed by atoms with Gasteiger partial charge in [0, 0.05) is 24.7 Å². The Bertz CT molecular complexity index is 618.